The summed E-state index contributed by atoms with van der Waals surface area (Å²) in [5.41, 5.74) is 8.72. The summed E-state index contributed by atoms with van der Waals surface area (Å²) in [4.78, 5) is 38.4. The number of nitrogen functional groups attached to an aromatic ring is 1. The van der Waals surface area contributed by atoms with Crippen molar-refractivity contribution in [3.05, 3.63) is 42.0 Å². The van der Waals surface area contributed by atoms with Crippen LogP contribution in [-0.4, -0.2) is 29.1 Å². The van der Waals surface area contributed by atoms with Gasteiger partial charge in [-0.25, -0.2) is 0 Å². The van der Waals surface area contributed by atoms with E-state index < -0.39 is 11.4 Å². The quantitative estimate of drug-likeness (QED) is 0.124. The molecule has 5 aliphatic carbocycles. The average molecular weight is 777 g/mol. The van der Waals surface area contributed by atoms with Crippen molar-refractivity contribution < 1.29 is 24.2 Å². The van der Waals surface area contributed by atoms with Crippen LogP contribution in [0.1, 0.15) is 172 Å². The normalized spacial score (nSPS) is 36.6. The number of rotatable bonds is 10. The van der Waals surface area contributed by atoms with Crippen molar-refractivity contribution in [3.63, 3.8) is 0 Å². The highest BCUT2D eigenvalue weighted by Crippen LogP contribution is 2.78. The zero-order valence-electron chi connectivity index (χ0n) is 37.5. The Hall–Kier alpha value is -2.83. The third kappa shape index (κ3) is 8.35. The number of hydrogen-bond acceptors (Lipinski definition) is 5. The molecule has 0 spiro atoms. The summed E-state index contributed by atoms with van der Waals surface area (Å²) in [5.74, 6) is 1.56. The van der Waals surface area contributed by atoms with Crippen LogP contribution in [-0.2, 0) is 25.7 Å². The van der Waals surface area contributed by atoms with Gasteiger partial charge < -0.3 is 20.9 Å². The smallest absolute Gasteiger partial charge is 0.306 e. The number of aliphatic carboxylic acids is 1. The lowest BCUT2D eigenvalue weighted by Crippen LogP contribution is -2.67. The Morgan fingerprint density at radius 3 is 2.09 bits per heavy atom. The van der Waals surface area contributed by atoms with Gasteiger partial charge in [0, 0.05) is 24.1 Å². The van der Waals surface area contributed by atoms with Crippen molar-refractivity contribution >= 4 is 23.5 Å². The molecule has 0 aromatic heterocycles. The van der Waals surface area contributed by atoms with Gasteiger partial charge in [0.1, 0.15) is 6.10 Å². The minimum Gasteiger partial charge on any atom is -0.481 e. The van der Waals surface area contributed by atoms with E-state index in [0.29, 0.717) is 42.6 Å². The summed E-state index contributed by atoms with van der Waals surface area (Å²) in [6.45, 7) is 31.5. The fourth-order valence-electron chi connectivity index (χ4n) is 14.1. The average Bonchev–Trinajstić information content (AvgIpc) is 3.50. The molecule has 6 rings (SSSR count). The van der Waals surface area contributed by atoms with Gasteiger partial charge in [-0.05, 0) is 145 Å². The SMILES string of the molecule is C=C(C)[C@@H]1CC[C@]2(CC(=O)NCc3ccc(N)cc3)CC[C@]3(C)[C@H](CCC4[C@@]5(C)CC[C@H](OC(=O)CC(C)(C)CC(=O)O)C(C)(C)C5CC[C@]43C)C12.CC.CC. The molecular weight excluding hydrogens is 697 g/mol. The van der Waals surface area contributed by atoms with Gasteiger partial charge in [0.05, 0.1) is 12.8 Å². The van der Waals surface area contributed by atoms with Crippen LogP contribution in [0.4, 0.5) is 5.69 Å². The lowest BCUT2D eigenvalue weighted by Gasteiger charge is -2.73. The maximum absolute atomic E-state index is 13.7. The molecule has 0 aliphatic heterocycles. The largest absolute Gasteiger partial charge is 0.481 e. The van der Waals surface area contributed by atoms with Crippen LogP contribution in [0.3, 0.4) is 0 Å². The molecule has 7 nitrogen and oxygen atoms in total. The summed E-state index contributed by atoms with van der Waals surface area (Å²) in [7, 11) is 0. The standard InChI is InChI=1S/C45H68N2O5.2C2H6/c1-28(2)31-16-21-45(24-36(48)47-27-29-10-12-30(46)13-11-29)23-22-43(8)32(39(31)45)14-15-34-42(7)19-18-35(41(5,6)33(42)17-20-44(34,43)9)52-38(51)26-40(3,4)25-37(49)50;2*1-2/h10-13,31-35,39H,1,14-27,46H2,2-9H3,(H,47,48)(H,49,50);2*1-2H3/t31-,32+,33?,34?,35-,39?,42-,43+,44+,45+;;/m0../s1. The van der Waals surface area contributed by atoms with E-state index in [0.717, 1.165) is 49.8 Å². The Bertz CT molecular complexity index is 1570. The second-order valence-electron chi connectivity index (χ2n) is 20.5. The highest BCUT2D eigenvalue weighted by molar-refractivity contribution is 5.77. The van der Waals surface area contributed by atoms with E-state index in [1.54, 1.807) is 0 Å². The van der Waals surface area contributed by atoms with Crippen LogP contribution in [0, 0.1) is 62.1 Å². The van der Waals surface area contributed by atoms with Crippen LogP contribution in [0.5, 0.6) is 0 Å². The van der Waals surface area contributed by atoms with Gasteiger partial charge in [-0.1, -0.05) is 100 Å². The molecule has 1 aromatic rings. The number of anilines is 1. The predicted molar refractivity (Wildman–Crippen MR) is 230 cm³/mol. The molecule has 7 heteroatoms. The Labute approximate surface area is 341 Å². The molecule has 10 atom stereocenters. The van der Waals surface area contributed by atoms with E-state index in [9.17, 15) is 19.5 Å². The van der Waals surface area contributed by atoms with Crippen molar-refractivity contribution in [1.29, 1.82) is 0 Å². The number of benzene rings is 1. The molecule has 0 bridgehead atoms. The van der Waals surface area contributed by atoms with Gasteiger partial charge >= 0.3 is 11.9 Å². The molecular formula is C49H80N2O5. The molecule has 0 heterocycles. The maximum Gasteiger partial charge on any atom is 0.306 e. The lowest BCUT2D eigenvalue weighted by atomic mass is 9.32. The van der Waals surface area contributed by atoms with Gasteiger partial charge in [0.15, 0.2) is 0 Å². The van der Waals surface area contributed by atoms with Crippen molar-refractivity contribution in [2.45, 2.75) is 179 Å². The van der Waals surface area contributed by atoms with Crippen molar-refractivity contribution in [2.75, 3.05) is 5.73 Å². The van der Waals surface area contributed by atoms with E-state index in [-0.39, 0.29) is 57.9 Å². The van der Waals surface area contributed by atoms with Crippen LogP contribution in [0.2, 0.25) is 0 Å². The van der Waals surface area contributed by atoms with Gasteiger partial charge in [-0.2, -0.15) is 0 Å². The molecule has 0 saturated heterocycles. The van der Waals surface area contributed by atoms with Crippen LogP contribution >= 0.6 is 0 Å². The Balaban J connectivity index is 0.00000169. The number of carboxylic acids is 1. The number of carbonyl (C=O) groups excluding carboxylic acids is 2. The molecule has 1 aromatic carbocycles. The number of esters is 1. The maximum atomic E-state index is 13.7. The van der Waals surface area contributed by atoms with Crippen LogP contribution in [0.15, 0.2) is 36.4 Å². The second-order valence-corrected chi connectivity index (χ2v) is 20.5. The summed E-state index contributed by atoms with van der Waals surface area (Å²) in [5, 5.41) is 12.6. The Morgan fingerprint density at radius 2 is 1.48 bits per heavy atom. The van der Waals surface area contributed by atoms with Gasteiger partial charge in [-0.15, -0.1) is 0 Å². The number of nitrogens with two attached hydrogens (primary N) is 1. The Kier molecular flexibility index (Phi) is 14.1. The first-order valence-electron chi connectivity index (χ1n) is 22.4. The Morgan fingerprint density at radius 1 is 0.839 bits per heavy atom. The van der Waals surface area contributed by atoms with Crippen molar-refractivity contribution in [1.82, 2.24) is 5.32 Å². The topological polar surface area (TPSA) is 119 Å². The molecule has 316 valence electrons. The number of allylic oxidation sites excluding steroid dienone is 1. The molecule has 5 saturated carbocycles. The van der Waals surface area contributed by atoms with Crippen LogP contribution in [0.25, 0.3) is 0 Å². The first-order chi connectivity index (χ1) is 26.2. The fourth-order valence-corrected chi connectivity index (χ4v) is 14.1. The fraction of sp³-hybridized carbons (Fsp3) is 0.776. The third-order valence-electron chi connectivity index (χ3n) is 16.7. The zero-order valence-corrected chi connectivity index (χ0v) is 37.5. The molecule has 1 amide bonds. The zero-order chi connectivity index (χ0) is 42.1. The van der Waals surface area contributed by atoms with E-state index >= 15 is 0 Å². The molecule has 4 N–H and O–H groups in total. The van der Waals surface area contributed by atoms with E-state index in [1.807, 2.05) is 65.8 Å². The monoisotopic (exact) mass is 777 g/mol. The summed E-state index contributed by atoms with van der Waals surface area (Å²) >= 11 is 0. The van der Waals surface area contributed by atoms with Gasteiger partial charge in [0.25, 0.3) is 0 Å². The number of fused-ring (bicyclic) bond motifs is 7. The van der Waals surface area contributed by atoms with Gasteiger partial charge in [-0.3, -0.25) is 14.4 Å². The lowest BCUT2D eigenvalue weighted by molar-refractivity contribution is -0.250. The highest BCUT2D eigenvalue weighted by Gasteiger charge is 2.71. The minimum absolute atomic E-state index is 0.0201. The van der Waals surface area contributed by atoms with E-state index in [2.05, 4.69) is 53.4 Å². The minimum atomic E-state index is -0.886. The first-order valence-corrected chi connectivity index (χ1v) is 22.4. The summed E-state index contributed by atoms with van der Waals surface area (Å²) in [6.07, 6.45) is 11.7. The molecule has 56 heavy (non-hydrogen) atoms. The number of nitrogens with one attached hydrogen (secondary N) is 1. The second kappa shape index (κ2) is 17.2. The number of hydrogen-bond donors (Lipinski definition) is 3. The number of carboxylic acid groups (broad SMARTS) is 1. The predicted octanol–water partition coefficient (Wildman–Crippen LogP) is 11.8. The molecule has 0 radical (unpaired) electrons. The summed E-state index contributed by atoms with van der Waals surface area (Å²) in [6, 6.07) is 7.78. The van der Waals surface area contributed by atoms with Crippen LogP contribution < -0.4 is 11.1 Å². The summed E-state index contributed by atoms with van der Waals surface area (Å²) < 4.78 is 6.28. The first kappa shape index (κ1) is 45.9. The molecule has 5 aliphatic rings. The van der Waals surface area contributed by atoms with Crippen molar-refractivity contribution in [3.8, 4) is 0 Å². The highest BCUT2D eigenvalue weighted by atomic mass is 16.5. The van der Waals surface area contributed by atoms with E-state index in [1.165, 1.54) is 31.3 Å². The third-order valence-corrected chi connectivity index (χ3v) is 16.7. The van der Waals surface area contributed by atoms with Crippen molar-refractivity contribution in [2.24, 2.45) is 62.1 Å². The number of ether oxygens (including phenoxy) is 1. The molecule has 3 unspecified atom stereocenters. The molecule has 5 fully saturated rings. The number of carbonyl (C=O) groups is 3. The van der Waals surface area contributed by atoms with Gasteiger partial charge in [0.2, 0.25) is 5.91 Å². The number of amides is 1. The van der Waals surface area contributed by atoms with E-state index in [4.69, 9.17) is 10.5 Å².